The predicted molar refractivity (Wildman–Crippen MR) is 25.7 cm³/mol. The zero-order valence-corrected chi connectivity index (χ0v) is 8.06. The molecule has 0 unspecified atom stereocenters. The van der Waals surface area contributed by atoms with Crippen molar-refractivity contribution in [3.05, 3.63) is 0 Å². The van der Waals surface area contributed by atoms with E-state index in [1.807, 2.05) is 0 Å². The molecule has 2 radical (unpaired) electrons. The smallest absolute Gasteiger partial charge is 0.264 e. The molecule has 7 heteroatoms. The molecule has 0 aromatic carbocycles. The van der Waals surface area contributed by atoms with Gasteiger partial charge in [-0.25, -0.2) is 0 Å². The van der Waals surface area contributed by atoms with Crippen LogP contribution in [-0.2, 0) is 10.4 Å². The standard InChI is InChI=1S/K.Li.H2O4S/c;;1-5(2,3)4/h;;(H2,1,2,3,4). The molecule has 0 saturated heterocycles. The van der Waals surface area contributed by atoms with Gasteiger partial charge in [0.1, 0.15) is 0 Å². The summed E-state index contributed by atoms with van der Waals surface area (Å²) >= 11 is 0. The molecule has 0 fully saturated rings. The van der Waals surface area contributed by atoms with Gasteiger partial charge in [0.2, 0.25) is 0 Å². The first-order valence-corrected chi connectivity index (χ1v) is 2.10. The first kappa shape index (κ1) is 16.0. The molecule has 0 atom stereocenters. The maximum Gasteiger partial charge on any atom is 0.394 e. The van der Waals surface area contributed by atoms with Gasteiger partial charge in [-0.2, -0.15) is 8.42 Å². The number of hydrogen-bond donors (Lipinski definition) is 2. The van der Waals surface area contributed by atoms with E-state index in [1.165, 1.54) is 0 Å². The van der Waals surface area contributed by atoms with E-state index in [0.29, 0.717) is 0 Å². The van der Waals surface area contributed by atoms with Crippen LogP contribution in [0.3, 0.4) is 0 Å². The third-order valence-electron chi connectivity index (χ3n) is 0. The van der Waals surface area contributed by atoms with Gasteiger partial charge in [0, 0.05) is 70.2 Å². The molecule has 0 rings (SSSR count). The summed E-state index contributed by atoms with van der Waals surface area (Å²) in [5.41, 5.74) is 0. The van der Waals surface area contributed by atoms with Crippen LogP contribution in [0.25, 0.3) is 0 Å². The van der Waals surface area contributed by atoms with E-state index in [0.717, 1.165) is 0 Å². The minimum absolute atomic E-state index is 0. The van der Waals surface area contributed by atoms with Gasteiger partial charge in [-0.3, -0.25) is 9.11 Å². The van der Waals surface area contributed by atoms with Crippen LogP contribution in [0, 0.1) is 0 Å². The van der Waals surface area contributed by atoms with Crippen molar-refractivity contribution in [2.45, 2.75) is 0 Å². The summed E-state index contributed by atoms with van der Waals surface area (Å²) in [5.74, 6) is 0. The Balaban J connectivity index is -0.0000000800. The first-order valence-electron chi connectivity index (χ1n) is 0.698. The van der Waals surface area contributed by atoms with E-state index < -0.39 is 10.4 Å². The number of rotatable bonds is 0. The topological polar surface area (TPSA) is 74.6 Å². The normalized spacial score (nSPS) is 8.29. The average molecular weight is 144 g/mol. The molecule has 0 bridgehead atoms. The van der Waals surface area contributed by atoms with Gasteiger partial charge in [0.25, 0.3) is 0 Å². The minimum atomic E-state index is -4.67. The monoisotopic (exact) mass is 144 g/mol. The van der Waals surface area contributed by atoms with Gasteiger partial charge in [-0.05, 0) is 0 Å². The van der Waals surface area contributed by atoms with Crippen molar-refractivity contribution in [1.82, 2.24) is 0 Å². The van der Waals surface area contributed by atoms with Gasteiger partial charge < -0.3 is 0 Å². The summed E-state index contributed by atoms with van der Waals surface area (Å²) in [4.78, 5) is 0. The van der Waals surface area contributed by atoms with Gasteiger partial charge in [0.15, 0.2) is 0 Å². The molecular formula is H2KLiO4S. The molecule has 34 valence electrons. The maximum atomic E-state index is 8.74. The Kier molecular flexibility index (Phi) is 14.3. The Labute approximate surface area is 96.2 Å². The summed E-state index contributed by atoms with van der Waals surface area (Å²) in [6.07, 6.45) is 0. The van der Waals surface area contributed by atoms with Gasteiger partial charge in [-0.1, -0.05) is 0 Å². The third-order valence-corrected chi connectivity index (χ3v) is 0. The average Bonchev–Trinajstić information content (AvgIpc) is 0.722. The van der Waals surface area contributed by atoms with Crippen molar-refractivity contribution in [3.63, 3.8) is 0 Å². The Morgan fingerprint density at radius 2 is 1.14 bits per heavy atom. The molecule has 2 N–H and O–H groups in total. The first-order chi connectivity index (χ1) is 2.00. The molecule has 0 aliphatic rings. The Morgan fingerprint density at radius 1 is 1.14 bits per heavy atom. The van der Waals surface area contributed by atoms with Crippen LogP contribution in [0.4, 0.5) is 0 Å². The molecule has 0 aromatic rings. The summed E-state index contributed by atoms with van der Waals surface area (Å²) in [6, 6.07) is 0. The van der Waals surface area contributed by atoms with Crippen molar-refractivity contribution >= 4 is 80.6 Å². The largest absolute Gasteiger partial charge is 0.394 e. The Hall–Kier alpha value is 2.10. The molecule has 0 aliphatic carbocycles. The van der Waals surface area contributed by atoms with Crippen LogP contribution in [-0.4, -0.2) is 87.8 Å². The van der Waals surface area contributed by atoms with Crippen LogP contribution < -0.4 is 0 Å². The van der Waals surface area contributed by atoms with E-state index in [9.17, 15) is 0 Å². The van der Waals surface area contributed by atoms with E-state index in [4.69, 9.17) is 17.5 Å². The molecule has 0 amide bonds. The molecule has 0 spiro atoms. The van der Waals surface area contributed by atoms with Crippen molar-refractivity contribution in [1.29, 1.82) is 0 Å². The Morgan fingerprint density at radius 3 is 1.14 bits per heavy atom. The molecule has 0 aromatic heterocycles. The molecule has 0 heterocycles. The summed E-state index contributed by atoms with van der Waals surface area (Å²) in [6.45, 7) is 0. The van der Waals surface area contributed by atoms with Crippen molar-refractivity contribution in [2.24, 2.45) is 0 Å². The number of hydrogen-bond acceptors (Lipinski definition) is 2. The van der Waals surface area contributed by atoms with E-state index in [2.05, 4.69) is 0 Å². The fraction of sp³-hybridized carbons (Fsp3) is 0. The van der Waals surface area contributed by atoms with Gasteiger partial charge >= 0.3 is 10.4 Å². The minimum Gasteiger partial charge on any atom is -0.264 e. The van der Waals surface area contributed by atoms with Crippen molar-refractivity contribution in [3.8, 4) is 0 Å². The summed E-state index contributed by atoms with van der Waals surface area (Å²) < 4.78 is 31.6. The SMILES string of the molecule is O=S(=O)(O)O.[K].[Li]. The molecule has 7 heavy (non-hydrogen) atoms. The zero-order chi connectivity index (χ0) is 4.50. The summed E-state index contributed by atoms with van der Waals surface area (Å²) in [7, 11) is -4.67. The maximum absolute atomic E-state index is 8.74. The van der Waals surface area contributed by atoms with Crippen molar-refractivity contribution in [2.75, 3.05) is 0 Å². The zero-order valence-electron chi connectivity index (χ0n) is 4.12. The molecule has 0 saturated carbocycles. The second-order valence-corrected chi connectivity index (χ2v) is 1.34. The molecular weight excluding hydrogens is 142 g/mol. The van der Waals surface area contributed by atoms with Gasteiger partial charge in [0.05, 0.1) is 0 Å². The fourth-order valence-electron chi connectivity index (χ4n) is 0. The second kappa shape index (κ2) is 6.23. The van der Waals surface area contributed by atoms with E-state index in [1.54, 1.807) is 0 Å². The summed E-state index contributed by atoms with van der Waals surface area (Å²) in [5, 5.41) is 0. The van der Waals surface area contributed by atoms with E-state index in [-0.39, 0.29) is 70.2 Å². The van der Waals surface area contributed by atoms with Gasteiger partial charge in [-0.15, -0.1) is 0 Å². The fourth-order valence-corrected chi connectivity index (χ4v) is 0. The van der Waals surface area contributed by atoms with Crippen LogP contribution >= 0.6 is 0 Å². The van der Waals surface area contributed by atoms with Crippen LogP contribution in [0.5, 0.6) is 0 Å². The van der Waals surface area contributed by atoms with Crippen LogP contribution in [0.1, 0.15) is 0 Å². The van der Waals surface area contributed by atoms with Crippen molar-refractivity contribution < 1.29 is 17.5 Å². The third kappa shape index (κ3) is 68.2. The second-order valence-electron chi connectivity index (χ2n) is 0.448. The van der Waals surface area contributed by atoms with Crippen LogP contribution in [0.2, 0.25) is 0 Å². The molecule has 0 aliphatic heterocycles. The predicted octanol–water partition coefficient (Wildman–Crippen LogP) is -1.41. The Bertz CT molecular complexity index is 94.9. The molecule has 4 nitrogen and oxygen atoms in total. The van der Waals surface area contributed by atoms with E-state index >= 15 is 0 Å². The quantitative estimate of drug-likeness (QED) is 0.323. The van der Waals surface area contributed by atoms with Crippen LogP contribution in [0.15, 0.2) is 0 Å².